The molecule has 0 aliphatic carbocycles. The predicted octanol–water partition coefficient (Wildman–Crippen LogP) is 2.96. The predicted molar refractivity (Wildman–Crippen MR) is 102 cm³/mol. The van der Waals surface area contributed by atoms with Gasteiger partial charge >= 0.3 is 6.03 Å². The van der Waals surface area contributed by atoms with Crippen LogP contribution in [0.5, 0.6) is 0 Å². The van der Waals surface area contributed by atoms with Gasteiger partial charge < -0.3 is 10.2 Å². The Bertz CT molecular complexity index is 875. The number of aromatic nitrogens is 1. The minimum absolute atomic E-state index is 0.0211. The van der Waals surface area contributed by atoms with Crippen LogP contribution < -0.4 is 5.32 Å². The van der Waals surface area contributed by atoms with Crippen molar-refractivity contribution >= 4 is 23.5 Å². The van der Waals surface area contributed by atoms with Crippen molar-refractivity contribution in [1.82, 2.24) is 20.1 Å². The lowest BCUT2D eigenvalue weighted by molar-refractivity contribution is -0.137. The van der Waals surface area contributed by atoms with E-state index in [0.29, 0.717) is 13.0 Å². The van der Waals surface area contributed by atoms with Crippen LogP contribution in [0.1, 0.15) is 24.0 Å². The number of amides is 3. The van der Waals surface area contributed by atoms with Gasteiger partial charge in [-0.05, 0) is 49.2 Å². The molecule has 0 spiro atoms. The molecule has 28 heavy (non-hydrogen) atoms. The SMILES string of the molecule is O=C1C2NCCCC2N(Cc2c(F)cccc2Cl)C(=O)N1Cc1ccncc1. The van der Waals surface area contributed by atoms with E-state index in [0.717, 1.165) is 12.0 Å². The van der Waals surface area contributed by atoms with Crippen molar-refractivity contribution < 1.29 is 14.0 Å². The Morgan fingerprint density at radius 1 is 1.18 bits per heavy atom. The van der Waals surface area contributed by atoms with Gasteiger partial charge in [0.1, 0.15) is 11.9 Å². The van der Waals surface area contributed by atoms with Crippen molar-refractivity contribution in [3.05, 3.63) is 64.7 Å². The number of carbonyl (C=O) groups excluding carboxylic acids is 2. The van der Waals surface area contributed by atoms with E-state index < -0.39 is 17.9 Å². The summed E-state index contributed by atoms with van der Waals surface area (Å²) in [6.07, 6.45) is 4.76. The van der Waals surface area contributed by atoms with Gasteiger partial charge in [-0.15, -0.1) is 0 Å². The number of imide groups is 1. The van der Waals surface area contributed by atoms with Crippen LogP contribution in [0.3, 0.4) is 0 Å². The van der Waals surface area contributed by atoms with Crippen molar-refractivity contribution in [3.8, 4) is 0 Å². The smallest absolute Gasteiger partial charge is 0.315 e. The fourth-order valence-electron chi connectivity index (χ4n) is 3.87. The average molecular weight is 403 g/mol. The second kappa shape index (κ2) is 7.85. The standard InChI is InChI=1S/C20H20ClFN4O2/c21-15-3-1-4-16(22)14(15)12-25-17-5-2-8-24-18(17)19(27)26(20(25)28)11-13-6-9-23-10-7-13/h1,3-4,6-7,9-10,17-18,24H,2,5,8,11-12H2. The molecule has 3 heterocycles. The van der Waals surface area contributed by atoms with Crippen LogP contribution in [-0.2, 0) is 17.9 Å². The molecular formula is C20H20ClFN4O2. The van der Waals surface area contributed by atoms with Gasteiger partial charge in [-0.25, -0.2) is 9.18 Å². The molecule has 1 aromatic carbocycles. The Morgan fingerprint density at radius 2 is 1.96 bits per heavy atom. The quantitative estimate of drug-likeness (QED) is 0.853. The molecule has 0 radical (unpaired) electrons. The highest BCUT2D eigenvalue weighted by Gasteiger charge is 2.47. The van der Waals surface area contributed by atoms with E-state index in [-0.39, 0.29) is 35.6 Å². The van der Waals surface area contributed by atoms with Crippen LogP contribution in [0.2, 0.25) is 5.02 Å². The van der Waals surface area contributed by atoms with Crippen molar-refractivity contribution in [2.75, 3.05) is 6.54 Å². The van der Waals surface area contributed by atoms with Gasteiger partial charge in [-0.2, -0.15) is 0 Å². The molecule has 0 bridgehead atoms. The Kier molecular flexibility index (Phi) is 5.28. The highest BCUT2D eigenvalue weighted by molar-refractivity contribution is 6.31. The van der Waals surface area contributed by atoms with Gasteiger partial charge in [0.15, 0.2) is 0 Å². The first-order chi connectivity index (χ1) is 13.6. The van der Waals surface area contributed by atoms with Gasteiger partial charge in [-0.1, -0.05) is 17.7 Å². The van der Waals surface area contributed by atoms with Gasteiger partial charge in [0.25, 0.3) is 0 Å². The number of halogens is 2. The number of nitrogens with one attached hydrogen (secondary N) is 1. The van der Waals surface area contributed by atoms with E-state index >= 15 is 0 Å². The highest BCUT2D eigenvalue weighted by atomic mass is 35.5. The first-order valence-electron chi connectivity index (χ1n) is 9.23. The summed E-state index contributed by atoms with van der Waals surface area (Å²) in [6, 6.07) is 6.74. The minimum atomic E-state index is -0.501. The number of carbonyl (C=O) groups is 2. The van der Waals surface area contributed by atoms with Gasteiger partial charge in [-0.3, -0.25) is 14.7 Å². The zero-order valence-electron chi connectivity index (χ0n) is 15.1. The van der Waals surface area contributed by atoms with Crippen molar-refractivity contribution in [2.45, 2.75) is 38.0 Å². The topological polar surface area (TPSA) is 65.5 Å². The van der Waals surface area contributed by atoms with Crippen LogP contribution in [-0.4, -0.2) is 45.4 Å². The molecule has 1 aromatic heterocycles. The molecule has 2 aliphatic rings. The summed E-state index contributed by atoms with van der Waals surface area (Å²) < 4.78 is 14.4. The minimum Gasteiger partial charge on any atom is -0.315 e. The molecule has 1 N–H and O–H groups in total. The number of fused-ring (bicyclic) bond motifs is 1. The number of pyridine rings is 1. The zero-order chi connectivity index (χ0) is 19.7. The number of piperidine rings is 1. The van der Waals surface area contributed by atoms with E-state index in [2.05, 4.69) is 10.3 Å². The van der Waals surface area contributed by atoms with Gasteiger partial charge in [0.2, 0.25) is 5.91 Å². The average Bonchev–Trinajstić information content (AvgIpc) is 2.71. The van der Waals surface area contributed by atoms with E-state index in [1.54, 1.807) is 35.5 Å². The molecule has 6 nitrogen and oxygen atoms in total. The lowest BCUT2D eigenvalue weighted by Crippen LogP contribution is -2.69. The molecule has 2 aromatic rings. The Morgan fingerprint density at radius 3 is 2.71 bits per heavy atom. The number of hydrogen-bond donors (Lipinski definition) is 1. The molecule has 3 amide bonds. The third-order valence-electron chi connectivity index (χ3n) is 5.31. The molecule has 146 valence electrons. The highest BCUT2D eigenvalue weighted by Crippen LogP contribution is 2.30. The Hall–Kier alpha value is -2.51. The second-order valence-electron chi connectivity index (χ2n) is 7.03. The van der Waals surface area contributed by atoms with E-state index in [1.807, 2.05) is 0 Å². The molecule has 8 heteroatoms. The first kappa shape index (κ1) is 18.8. The molecular weight excluding hydrogens is 383 g/mol. The third-order valence-corrected chi connectivity index (χ3v) is 5.67. The maximum absolute atomic E-state index is 14.4. The summed E-state index contributed by atoms with van der Waals surface area (Å²) in [6.45, 7) is 0.873. The number of nitrogens with zero attached hydrogens (tertiary/aromatic N) is 3. The monoisotopic (exact) mass is 402 g/mol. The van der Waals surface area contributed by atoms with Crippen LogP contribution in [0.4, 0.5) is 9.18 Å². The van der Waals surface area contributed by atoms with E-state index in [1.165, 1.54) is 17.0 Å². The molecule has 2 unspecified atom stereocenters. The van der Waals surface area contributed by atoms with Gasteiger partial charge in [0.05, 0.1) is 19.1 Å². The number of hydrogen-bond acceptors (Lipinski definition) is 4. The molecule has 2 aliphatic heterocycles. The van der Waals surface area contributed by atoms with Crippen molar-refractivity contribution in [2.24, 2.45) is 0 Å². The molecule has 2 atom stereocenters. The summed E-state index contributed by atoms with van der Waals surface area (Å²) in [5.74, 6) is -0.708. The fourth-order valence-corrected chi connectivity index (χ4v) is 4.10. The normalized spacial score (nSPS) is 22.4. The fraction of sp³-hybridized carbons (Fsp3) is 0.350. The first-order valence-corrected chi connectivity index (χ1v) is 9.61. The summed E-state index contributed by atoms with van der Waals surface area (Å²) >= 11 is 6.19. The maximum Gasteiger partial charge on any atom is 0.327 e. The summed E-state index contributed by atoms with van der Waals surface area (Å²) in [4.78, 5) is 33.0. The zero-order valence-corrected chi connectivity index (χ0v) is 15.9. The number of benzene rings is 1. The van der Waals surface area contributed by atoms with Crippen LogP contribution in [0, 0.1) is 5.82 Å². The number of rotatable bonds is 4. The van der Waals surface area contributed by atoms with E-state index in [4.69, 9.17) is 11.6 Å². The van der Waals surface area contributed by atoms with Crippen LogP contribution >= 0.6 is 11.6 Å². The molecule has 0 saturated carbocycles. The lowest BCUT2D eigenvalue weighted by Gasteiger charge is -2.47. The Labute approximate surface area is 167 Å². The summed E-state index contributed by atoms with van der Waals surface area (Å²) in [7, 11) is 0. The largest absolute Gasteiger partial charge is 0.327 e. The summed E-state index contributed by atoms with van der Waals surface area (Å²) in [5, 5.41) is 3.50. The third kappa shape index (κ3) is 3.47. The second-order valence-corrected chi connectivity index (χ2v) is 7.44. The number of urea groups is 1. The van der Waals surface area contributed by atoms with Gasteiger partial charge in [0, 0.05) is 23.0 Å². The maximum atomic E-state index is 14.4. The molecule has 2 fully saturated rings. The Balaban J connectivity index is 1.67. The summed E-state index contributed by atoms with van der Waals surface area (Å²) in [5.41, 5.74) is 1.06. The molecule has 2 saturated heterocycles. The lowest BCUT2D eigenvalue weighted by atomic mass is 9.93. The molecule has 4 rings (SSSR count). The van der Waals surface area contributed by atoms with E-state index in [9.17, 15) is 14.0 Å². The van der Waals surface area contributed by atoms with Crippen molar-refractivity contribution in [1.29, 1.82) is 0 Å². The van der Waals surface area contributed by atoms with Crippen LogP contribution in [0.15, 0.2) is 42.7 Å². The van der Waals surface area contributed by atoms with Crippen molar-refractivity contribution in [3.63, 3.8) is 0 Å². The van der Waals surface area contributed by atoms with Crippen LogP contribution in [0.25, 0.3) is 0 Å².